The van der Waals surface area contributed by atoms with Crippen LogP contribution in [0.5, 0.6) is 5.75 Å². The Bertz CT molecular complexity index is 666. The number of halogens is 1. The zero-order chi connectivity index (χ0) is 18.4. The first-order valence-electron chi connectivity index (χ1n) is 9.37. The maximum Gasteiger partial charge on any atom is 0.243 e. The third-order valence-corrected chi connectivity index (χ3v) is 6.84. The first-order chi connectivity index (χ1) is 12.6. The number of nitrogens with zero attached hydrogens (tertiary/aromatic N) is 2. The van der Waals surface area contributed by atoms with E-state index in [4.69, 9.17) is 9.47 Å². The molecule has 0 saturated carbocycles. The van der Waals surface area contributed by atoms with Crippen LogP contribution in [0, 0.1) is 0 Å². The van der Waals surface area contributed by atoms with Gasteiger partial charge >= 0.3 is 0 Å². The zero-order valence-electron chi connectivity index (χ0n) is 15.8. The van der Waals surface area contributed by atoms with E-state index in [1.807, 2.05) is 6.92 Å². The standard InChI is InChI=1S/C18H29N3O4S.ClH/c1-2-24-13-14-25-17-3-5-18(6-4-17)26(22,23)21-10-7-16(15-21)20-11-8-19-9-12-20;/h3-6,16,19H,2,7-15H2,1H3;1H. The molecule has 0 radical (unpaired) electrons. The first-order valence-corrected chi connectivity index (χ1v) is 10.8. The molecule has 2 saturated heterocycles. The number of hydrogen-bond donors (Lipinski definition) is 1. The molecule has 1 unspecified atom stereocenters. The molecule has 2 heterocycles. The molecule has 1 N–H and O–H groups in total. The van der Waals surface area contributed by atoms with E-state index >= 15 is 0 Å². The van der Waals surface area contributed by atoms with Crippen LogP contribution in [0.25, 0.3) is 0 Å². The predicted octanol–water partition coefficient (Wildman–Crippen LogP) is 1.19. The monoisotopic (exact) mass is 419 g/mol. The quantitative estimate of drug-likeness (QED) is 0.638. The second-order valence-corrected chi connectivity index (χ2v) is 8.55. The van der Waals surface area contributed by atoms with Gasteiger partial charge in [0, 0.05) is 51.9 Å². The molecule has 154 valence electrons. The summed E-state index contributed by atoms with van der Waals surface area (Å²) in [7, 11) is -3.45. The SMILES string of the molecule is CCOCCOc1ccc(S(=O)(=O)N2CCC(N3CCNCC3)C2)cc1.Cl. The van der Waals surface area contributed by atoms with Gasteiger partial charge in [-0.2, -0.15) is 4.31 Å². The molecule has 1 aromatic carbocycles. The summed E-state index contributed by atoms with van der Waals surface area (Å²) in [5.74, 6) is 0.656. The Morgan fingerprint density at radius 2 is 1.81 bits per heavy atom. The Balaban J connectivity index is 0.00000261. The number of sulfonamides is 1. The lowest BCUT2D eigenvalue weighted by Crippen LogP contribution is -2.49. The van der Waals surface area contributed by atoms with E-state index in [1.54, 1.807) is 28.6 Å². The van der Waals surface area contributed by atoms with E-state index in [9.17, 15) is 8.42 Å². The molecule has 27 heavy (non-hydrogen) atoms. The zero-order valence-corrected chi connectivity index (χ0v) is 17.4. The van der Waals surface area contributed by atoms with Crippen molar-refractivity contribution in [3.63, 3.8) is 0 Å². The normalized spacial score (nSPS) is 21.7. The average molecular weight is 420 g/mol. The van der Waals surface area contributed by atoms with Crippen molar-refractivity contribution in [3.8, 4) is 5.75 Å². The highest BCUT2D eigenvalue weighted by molar-refractivity contribution is 7.89. The molecule has 0 amide bonds. The summed E-state index contributed by atoms with van der Waals surface area (Å²) in [6, 6.07) is 7.01. The van der Waals surface area contributed by atoms with Crippen LogP contribution in [-0.2, 0) is 14.8 Å². The van der Waals surface area contributed by atoms with E-state index in [-0.39, 0.29) is 12.4 Å². The molecule has 1 aromatic rings. The lowest BCUT2D eigenvalue weighted by molar-refractivity contribution is 0.110. The number of ether oxygens (including phenoxy) is 2. The van der Waals surface area contributed by atoms with E-state index in [0.29, 0.717) is 49.6 Å². The molecule has 2 aliphatic rings. The van der Waals surface area contributed by atoms with E-state index in [1.165, 1.54) is 0 Å². The van der Waals surface area contributed by atoms with E-state index < -0.39 is 10.0 Å². The number of rotatable bonds is 8. The van der Waals surface area contributed by atoms with Crippen molar-refractivity contribution in [3.05, 3.63) is 24.3 Å². The minimum absolute atomic E-state index is 0. The van der Waals surface area contributed by atoms with Gasteiger partial charge in [-0.1, -0.05) is 0 Å². The summed E-state index contributed by atoms with van der Waals surface area (Å²) >= 11 is 0. The second-order valence-electron chi connectivity index (χ2n) is 6.61. The third-order valence-electron chi connectivity index (χ3n) is 4.96. The fourth-order valence-corrected chi connectivity index (χ4v) is 4.99. The minimum atomic E-state index is -3.45. The molecule has 3 rings (SSSR count). The number of nitrogens with one attached hydrogen (secondary N) is 1. The molecule has 1 atom stereocenters. The van der Waals surface area contributed by atoms with Crippen molar-refractivity contribution in [2.75, 3.05) is 59.1 Å². The van der Waals surface area contributed by atoms with Gasteiger partial charge in [-0.3, -0.25) is 4.90 Å². The van der Waals surface area contributed by atoms with E-state index in [2.05, 4.69) is 10.2 Å². The average Bonchev–Trinajstić information content (AvgIpc) is 3.17. The van der Waals surface area contributed by atoms with Crippen LogP contribution < -0.4 is 10.1 Å². The predicted molar refractivity (Wildman–Crippen MR) is 107 cm³/mol. The van der Waals surface area contributed by atoms with Gasteiger partial charge in [0.15, 0.2) is 0 Å². The molecule has 9 heteroatoms. The minimum Gasteiger partial charge on any atom is -0.491 e. The molecule has 2 fully saturated rings. The fraction of sp³-hybridized carbons (Fsp3) is 0.667. The maximum absolute atomic E-state index is 12.9. The van der Waals surface area contributed by atoms with Gasteiger partial charge in [-0.25, -0.2) is 8.42 Å². The second kappa shape index (κ2) is 10.6. The molecular weight excluding hydrogens is 390 g/mol. The van der Waals surface area contributed by atoms with Crippen molar-refractivity contribution in [2.24, 2.45) is 0 Å². The van der Waals surface area contributed by atoms with Crippen LogP contribution in [0.4, 0.5) is 0 Å². The van der Waals surface area contributed by atoms with Crippen molar-refractivity contribution in [1.29, 1.82) is 0 Å². The highest BCUT2D eigenvalue weighted by atomic mass is 35.5. The molecule has 0 aromatic heterocycles. The van der Waals surface area contributed by atoms with Gasteiger partial charge < -0.3 is 14.8 Å². The largest absolute Gasteiger partial charge is 0.491 e. The van der Waals surface area contributed by atoms with Crippen LogP contribution in [-0.4, -0.2) is 82.8 Å². The Kier molecular flexibility index (Phi) is 8.78. The summed E-state index contributed by atoms with van der Waals surface area (Å²) < 4.78 is 38.2. The number of piperazine rings is 1. The van der Waals surface area contributed by atoms with Crippen LogP contribution in [0.1, 0.15) is 13.3 Å². The Labute approximate surface area is 168 Å². The summed E-state index contributed by atoms with van der Waals surface area (Å²) in [6.07, 6.45) is 0.901. The Morgan fingerprint density at radius 1 is 1.11 bits per heavy atom. The number of hydrogen-bond acceptors (Lipinski definition) is 6. The van der Waals surface area contributed by atoms with Crippen molar-refractivity contribution in [2.45, 2.75) is 24.3 Å². The Morgan fingerprint density at radius 3 is 2.48 bits per heavy atom. The van der Waals surface area contributed by atoms with E-state index in [0.717, 1.165) is 32.6 Å². The molecule has 0 bridgehead atoms. The lowest BCUT2D eigenvalue weighted by atomic mass is 10.2. The summed E-state index contributed by atoms with van der Waals surface area (Å²) in [5, 5.41) is 3.34. The van der Waals surface area contributed by atoms with Crippen LogP contribution in [0.3, 0.4) is 0 Å². The van der Waals surface area contributed by atoms with Crippen LogP contribution in [0.15, 0.2) is 29.2 Å². The Hall–Kier alpha value is -0.900. The van der Waals surface area contributed by atoms with Gasteiger partial charge in [0.2, 0.25) is 10.0 Å². The van der Waals surface area contributed by atoms with Gasteiger partial charge in [0.1, 0.15) is 12.4 Å². The highest BCUT2D eigenvalue weighted by Crippen LogP contribution is 2.25. The molecule has 0 spiro atoms. The summed E-state index contributed by atoms with van der Waals surface area (Å²) in [5.41, 5.74) is 0. The van der Waals surface area contributed by atoms with Crippen molar-refractivity contribution >= 4 is 22.4 Å². The summed E-state index contributed by atoms with van der Waals surface area (Å²) in [6.45, 7) is 8.69. The first kappa shape index (κ1) is 22.4. The molecule has 7 nitrogen and oxygen atoms in total. The molecule has 2 aliphatic heterocycles. The lowest BCUT2D eigenvalue weighted by Gasteiger charge is -2.32. The van der Waals surface area contributed by atoms with Gasteiger partial charge in [-0.05, 0) is 37.6 Å². The third kappa shape index (κ3) is 5.79. The van der Waals surface area contributed by atoms with Crippen LogP contribution >= 0.6 is 12.4 Å². The number of benzene rings is 1. The fourth-order valence-electron chi connectivity index (χ4n) is 3.49. The molecular formula is C18H30ClN3O4S. The van der Waals surface area contributed by atoms with Crippen molar-refractivity contribution < 1.29 is 17.9 Å². The molecule has 0 aliphatic carbocycles. The maximum atomic E-state index is 12.9. The smallest absolute Gasteiger partial charge is 0.243 e. The topological polar surface area (TPSA) is 71.1 Å². The van der Waals surface area contributed by atoms with Gasteiger partial charge in [0.25, 0.3) is 0 Å². The van der Waals surface area contributed by atoms with Crippen molar-refractivity contribution in [1.82, 2.24) is 14.5 Å². The summed E-state index contributed by atoms with van der Waals surface area (Å²) in [4.78, 5) is 2.73. The van der Waals surface area contributed by atoms with Crippen LogP contribution in [0.2, 0.25) is 0 Å². The van der Waals surface area contributed by atoms with Gasteiger partial charge in [0.05, 0.1) is 11.5 Å². The highest BCUT2D eigenvalue weighted by Gasteiger charge is 2.35. The van der Waals surface area contributed by atoms with Gasteiger partial charge in [-0.15, -0.1) is 12.4 Å².